The number of carbonyl (C=O) groups excluding carboxylic acids is 2. The normalized spacial score (nSPS) is 13.6. The van der Waals surface area contributed by atoms with Crippen LogP contribution in [0.15, 0.2) is 73.0 Å². The molecule has 3 aromatic rings. The molecule has 0 aliphatic heterocycles. The summed E-state index contributed by atoms with van der Waals surface area (Å²) >= 11 is 0. The molecule has 1 aromatic carbocycles. The third-order valence-electron chi connectivity index (χ3n) is 4.02. The van der Waals surface area contributed by atoms with Crippen LogP contribution in [0, 0.1) is 0 Å². The van der Waals surface area contributed by atoms with Gasteiger partial charge in [-0.2, -0.15) is 0 Å². The summed E-state index contributed by atoms with van der Waals surface area (Å²) in [6.45, 7) is 0. The second kappa shape index (κ2) is 5.70. The van der Waals surface area contributed by atoms with E-state index in [1.807, 2.05) is 53.4 Å². The highest BCUT2D eigenvalue weighted by Gasteiger charge is 2.26. The predicted molar refractivity (Wildman–Crippen MR) is 88.2 cm³/mol. The van der Waals surface area contributed by atoms with Gasteiger partial charge in [-0.15, -0.1) is 0 Å². The number of aromatic nitrogens is 3. The van der Waals surface area contributed by atoms with E-state index in [1.165, 1.54) is 18.6 Å². The van der Waals surface area contributed by atoms with Crippen LogP contribution in [-0.2, 0) is 6.42 Å². The molecule has 116 valence electrons. The van der Waals surface area contributed by atoms with E-state index in [9.17, 15) is 9.59 Å². The molecule has 0 amide bonds. The second-order valence-electron chi connectivity index (χ2n) is 5.58. The molecule has 5 nitrogen and oxygen atoms in total. The smallest absolute Gasteiger partial charge is 0.205 e. The third kappa shape index (κ3) is 2.46. The first kappa shape index (κ1) is 14.3. The first-order chi connectivity index (χ1) is 11.7. The van der Waals surface area contributed by atoms with Gasteiger partial charge in [-0.3, -0.25) is 9.59 Å². The fourth-order valence-corrected chi connectivity index (χ4v) is 2.80. The van der Waals surface area contributed by atoms with Gasteiger partial charge in [0.1, 0.15) is 12.0 Å². The van der Waals surface area contributed by atoms with Gasteiger partial charge >= 0.3 is 0 Å². The molecule has 4 rings (SSSR count). The van der Waals surface area contributed by atoms with Crippen molar-refractivity contribution in [2.75, 3.05) is 0 Å². The minimum atomic E-state index is -0.244. The van der Waals surface area contributed by atoms with Crippen molar-refractivity contribution in [3.05, 3.63) is 89.8 Å². The number of fused-ring (bicyclic) bond motifs is 1. The Kier molecular flexibility index (Phi) is 3.39. The van der Waals surface area contributed by atoms with Crippen molar-refractivity contribution < 1.29 is 9.59 Å². The molecule has 0 N–H and O–H groups in total. The molecule has 1 aliphatic carbocycles. The molecule has 0 saturated carbocycles. The van der Waals surface area contributed by atoms with Gasteiger partial charge in [-0.1, -0.05) is 12.1 Å². The van der Waals surface area contributed by atoms with E-state index in [1.54, 1.807) is 0 Å². The van der Waals surface area contributed by atoms with Crippen molar-refractivity contribution in [1.29, 1.82) is 0 Å². The molecular formula is C19H13N3O2. The van der Waals surface area contributed by atoms with E-state index >= 15 is 0 Å². The van der Waals surface area contributed by atoms with Crippen LogP contribution in [0.25, 0.3) is 5.69 Å². The number of ketones is 2. The van der Waals surface area contributed by atoms with Gasteiger partial charge < -0.3 is 4.57 Å². The van der Waals surface area contributed by atoms with Gasteiger partial charge in [0.05, 0.1) is 5.56 Å². The van der Waals surface area contributed by atoms with Crippen LogP contribution in [0.3, 0.4) is 0 Å². The number of hydrogen-bond donors (Lipinski definition) is 0. The maximum Gasteiger partial charge on any atom is 0.205 e. The average Bonchev–Trinajstić information content (AvgIpc) is 3.15. The molecule has 0 fully saturated rings. The van der Waals surface area contributed by atoms with Crippen molar-refractivity contribution in [2.45, 2.75) is 6.42 Å². The van der Waals surface area contributed by atoms with E-state index in [4.69, 9.17) is 0 Å². The van der Waals surface area contributed by atoms with E-state index in [-0.39, 0.29) is 22.8 Å². The van der Waals surface area contributed by atoms with Crippen molar-refractivity contribution in [3.63, 3.8) is 0 Å². The van der Waals surface area contributed by atoms with Crippen LogP contribution in [0.1, 0.15) is 26.4 Å². The molecule has 2 aromatic heterocycles. The van der Waals surface area contributed by atoms with Crippen LogP contribution < -0.4 is 0 Å². The molecular weight excluding hydrogens is 302 g/mol. The molecule has 2 heterocycles. The minimum absolute atomic E-state index is 0.181. The van der Waals surface area contributed by atoms with Gasteiger partial charge in [0, 0.05) is 36.3 Å². The van der Waals surface area contributed by atoms with Crippen molar-refractivity contribution >= 4 is 11.6 Å². The SMILES string of the molecule is O=C1C(Cc2ccc(-n3cccc3)cc2)=CC(=O)c2ncncc21. The zero-order valence-corrected chi connectivity index (χ0v) is 12.7. The largest absolute Gasteiger partial charge is 0.324 e. The molecule has 0 spiro atoms. The lowest BCUT2D eigenvalue weighted by atomic mass is 9.90. The highest BCUT2D eigenvalue weighted by molar-refractivity contribution is 6.23. The number of nitrogens with zero attached hydrogens (tertiary/aromatic N) is 3. The first-order valence-corrected chi connectivity index (χ1v) is 7.54. The summed E-state index contributed by atoms with van der Waals surface area (Å²) in [6, 6.07) is 11.8. The number of benzene rings is 1. The lowest BCUT2D eigenvalue weighted by molar-refractivity contribution is 0.0978. The Morgan fingerprint density at radius 1 is 1.00 bits per heavy atom. The molecule has 0 atom stereocenters. The Morgan fingerprint density at radius 3 is 2.50 bits per heavy atom. The molecule has 0 unspecified atom stereocenters. The number of Topliss-reactive ketones (excluding diaryl/α,β-unsaturated/α-hetero) is 1. The highest BCUT2D eigenvalue weighted by Crippen LogP contribution is 2.22. The number of hydrogen-bond acceptors (Lipinski definition) is 4. The quantitative estimate of drug-likeness (QED) is 0.745. The third-order valence-corrected chi connectivity index (χ3v) is 4.02. The summed E-state index contributed by atoms with van der Waals surface area (Å²) in [5.41, 5.74) is 2.95. The lowest BCUT2D eigenvalue weighted by Gasteiger charge is -2.14. The standard InChI is InChI=1S/C19H13N3O2/c23-17-10-14(19(24)16-11-20-12-21-18(16)17)9-13-3-5-15(6-4-13)22-7-1-2-8-22/h1-8,10-12H,9H2. The fraction of sp³-hybridized carbons (Fsp3) is 0.0526. The van der Waals surface area contributed by atoms with Crippen LogP contribution in [0.4, 0.5) is 0 Å². The summed E-state index contributed by atoms with van der Waals surface area (Å²) in [7, 11) is 0. The van der Waals surface area contributed by atoms with Crippen LogP contribution in [0.5, 0.6) is 0 Å². The van der Waals surface area contributed by atoms with Crippen LogP contribution in [0.2, 0.25) is 0 Å². The molecule has 0 bridgehead atoms. The van der Waals surface area contributed by atoms with Gasteiger partial charge in [-0.25, -0.2) is 9.97 Å². The van der Waals surface area contributed by atoms with Crippen molar-refractivity contribution in [1.82, 2.24) is 14.5 Å². The molecule has 1 aliphatic rings. The fourth-order valence-electron chi connectivity index (χ4n) is 2.80. The van der Waals surface area contributed by atoms with Gasteiger partial charge in [0.25, 0.3) is 0 Å². The number of carbonyl (C=O) groups is 2. The Morgan fingerprint density at radius 2 is 1.75 bits per heavy atom. The molecule has 0 radical (unpaired) electrons. The van der Waals surface area contributed by atoms with Crippen LogP contribution >= 0.6 is 0 Å². The zero-order valence-electron chi connectivity index (χ0n) is 12.7. The molecule has 5 heteroatoms. The lowest BCUT2D eigenvalue weighted by Crippen LogP contribution is -2.20. The summed E-state index contributed by atoms with van der Waals surface area (Å²) in [5.74, 6) is -0.425. The van der Waals surface area contributed by atoms with Crippen molar-refractivity contribution in [2.24, 2.45) is 0 Å². The number of allylic oxidation sites excluding steroid dienone is 2. The van der Waals surface area contributed by atoms with Gasteiger partial charge in [0.2, 0.25) is 5.78 Å². The monoisotopic (exact) mass is 315 g/mol. The number of rotatable bonds is 3. The molecule has 0 saturated heterocycles. The van der Waals surface area contributed by atoms with Crippen molar-refractivity contribution in [3.8, 4) is 5.69 Å². The maximum atomic E-state index is 12.5. The zero-order chi connectivity index (χ0) is 16.5. The van der Waals surface area contributed by atoms with Crippen LogP contribution in [-0.4, -0.2) is 26.1 Å². The Balaban J connectivity index is 1.60. The topological polar surface area (TPSA) is 64.8 Å². The summed E-state index contributed by atoms with van der Waals surface area (Å²) < 4.78 is 2.01. The van der Waals surface area contributed by atoms with E-state index in [0.717, 1.165) is 11.3 Å². The first-order valence-electron chi connectivity index (χ1n) is 7.54. The minimum Gasteiger partial charge on any atom is -0.324 e. The van der Waals surface area contributed by atoms with E-state index in [2.05, 4.69) is 9.97 Å². The maximum absolute atomic E-state index is 12.5. The predicted octanol–water partition coefficient (Wildman–Crippen LogP) is 2.82. The summed E-state index contributed by atoms with van der Waals surface area (Å²) in [4.78, 5) is 32.4. The second-order valence-corrected chi connectivity index (χ2v) is 5.58. The highest BCUT2D eigenvalue weighted by atomic mass is 16.1. The Hall–Kier alpha value is -3.34. The Bertz CT molecular complexity index is 955. The average molecular weight is 315 g/mol. The van der Waals surface area contributed by atoms with Gasteiger partial charge in [-0.05, 0) is 35.9 Å². The summed E-state index contributed by atoms with van der Waals surface area (Å²) in [6.07, 6.45) is 8.42. The molecule has 24 heavy (non-hydrogen) atoms. The van der Waals surface area contributed by atoms with Gasteiger partial charge in [0.15, 0.2) is 5.78 Å². The summed E-state index contributed by atoms with van der Waals surface area (Å²) in [5, 5.41) is 0. The van der Waals surface area contributed by atoms with E-state index < -0.39 is 0 Å². The van der Waals surface area contributed by atoms with E-state index in [0.29, 0.717) is 12.0 Å². The Labute approximate surface area is 138 Å².